The van der Waals surface area contributed by atoms with Crippen molar-refractivity contribution in [3.05, 3.63) is 34.6 Å². The zero-order chi connectivity index (χ0) is 20.1. The second kappa shape index (κ2) is 9.20. The molecule has 1 saturated heterocycles. The molecule has 2 amide bonds. The molecular formula is C19H24N4O4S. The topological polar surface area (TPSA) is 93.5 Å². The molecule has 1 aromatic carbocycles. The van der Waals surface area contributed by atoms with Crippen molar-refractivity contribution in [2.45, 2.75) is 30.6 Å². The molecule has 3 rings (SSSR count). The number of nitrogens with one attached hydrogen (secondary N) is 1. The summed E-state index contributed by atoms with van der Waals surface area (Å²) in [5.74, 6) is -0.358. The zero-order valence-corrected chi connectivity index (χ0v) is 16.8. The van der Waals surface area contributed by atoms with Gasteiger partial charge in [0.15, 0.2) is 5.16 Å². The Bertz CT molecular complexity index is 924. The van der Waals surface area contributed by atoms with Crippen molar-refractivity contribution in [1.29, 1.82) is 0 Å². The molecule has 1 aromatic heterocycles. The van der Waals surface area contributed by atoms with Crippen LogP contribution in [0.4, 0.5) is 0 Å². The van der Waals surface area contributed by atoms with E-state index in [1.807, 2.05) is 12.1 Å². The molecule has 0 unspecified atom stereocenters. The zero-order valence-electron chi connectivity index (χ0n) is 16.0. The maximum absolute atomic E-state index is 13.0. The van der Waals surface area contributed by atoms with Crippen LogP contribution in [0.1, 0.15) is 12.8 Å². The third-order valence-electron chi connectivity index (χ3n) is 4.65. The van der Waals surface area contributed by atoms with Gasteiger partial charge in [-0.25, -0.2) is 4.98 Å². The summed E-state index contributed by atoms with van der Waals surface area (Å²) in [7, 11) is 3.10. The number of carbonyl (C=O) groups excluding carboxylic acids is 2. The molecule has 0 bridgehead atoms. The first kappa shape index (κ1) is 20.3. The van der Waals surface area contributed by atoms with Gasteiger partial charge >= 0.3 is 0 Å². The molecule has 1 atom stereocenters. The van der Waals surface area contributed by atoms with Gasteiger partial charge in [0.1, 0.15) is 0 Å². The van der Waals surface area contributed by atoms with Crippen LogP contribution in [0.3, 0.4) is 0 Å². The van der Waals surface area contributed by atoms with Gasteiger partial charge in [-0.2, -0.15) is 0 Å². The number of hydrogen-bond donors (Lipinski definition) is 1. The number of fused-ring (bicyclic) bond motifs is 1. The monoisotopic (exact) mass is 404 g/mol. The van der Waals surface area contributed by atoms with Crippen LogP contribution >= 0.6 is 11.8 Å². The highest BCUT2D eigenvalue weighted by molar-refractivity contribution is 7.99. The van der Waals surface area contributed by atoms with E-state index < -0.39 is 0 Å². The summed E-state index contributed by atoms with van der Waals surface area (Å²) in [5, 5.41) is 3.53. The maximum Gasteiger partial charge on any atom is 0.262 e. The number of thioether (sulfide) groups is 1. The highest BCUT2D eigenvalue weighted by atomic mass is 32.2. The Hall–Kier alpha value is -2.39. The van der Waals surface area contributed by atoms with Gasteiger partial charge < -0.3 is 15.0 Å². The molecule has 0 spiro atoms. The predicted octanol–water partition coefficient (Wildman–Crippen LogP) is 0.872. The number of benzene rings is 1. The minimum absolute atomic E-state index is 0.0102. The average molecular weight is 404 g/mol. The molecule has 2 aromatic rings. The Morgan fingerprint density at radius 3 is 2.89 bits per heavy atom. The first-order chi connectivity index (χ1) is 13.5. The van der Waals surface area contributed by atoms with Crippen LogP contribution in [0.2, 0.25) is 0 Å². The number of nitrogens with zero attached hydrogens (tertiary/aromatic N) is 3. The number of hydrogen-bond acceptors (Lipinski definition) is 6. The fourth-order valence-electron chi connectivity index (χ4n) is 3.03. The summed E-state index contributed by atoms with van der Waals surface area (Å²) < 4.78 is 7.29. The van der Waals surface area contributed by atoms with E-state index in [1.54, 1.807) is 23.7 Å². The Morgan fingerprint density at radius 1 is 1.39 bits per heavy atom. The summed E-state index contributed by atoms with van der Waals surface area (Å²) >= 11 is 1.20. The summed E-state index contributed by atoms with van der Waals surface area (Å²) in [5.41, 5.74) is 0.472. The summed E-state index contributed by atoms with van der Waals surface area (Å²) in [6.45, 7) is 1.11. The lowest BCUT2D eigenvalue weighted by atomic mass is 10.2. The second-order valence-electron chi connectivity index (χ2n) is 6.67. The lowest BCUT2D eigenvalue weighted by molar-refractivity contribution is -0.132. The molecule has 1 N–H and O–H groups in total. The molecule has 1 aliphatic heterocycles. The Morgan fingerprint density at radius 2 is 2.18 bits per heavy atom. The molecule has 8 nitrogen and oxygen atoms in total. The highest BCUT2D eigenvalue weighted by Crippen LogP contribution is 2.21. The summed E-state index contributed by atoms with van der Waals surface area (Å²) in [6.07, 6.45) is 1.86. The first-order valence-corrected chi connectivity index (χ1v) is 10.2. The van der Waals surface area contributed by atoms with E-state index in [0.717, 1.165) is 12.8 Å². The molecule has 1 fully saturated rings. The highest BCUT2D eigenvalue weighted by Gasteiger charge is 2.21. The minimum atomic E-state index is -0.236. The van der Waals surface area contributed by atoms with Crippen molar-refractivity contribution in [2.75, 3.05) is 33.0 Å². The van der Waals surface area contributed by atoms with Crippen LogP contribution in [0.5, 0.6) is 0 Å². The molecular weight excluding hydrogens is 380 g/mol. The Labute approximate surface area is 167 Å². The largest absolute Gasteiger partial charge is 0.376 e. The number of carbonyl (C=O) groups is 2. The van der Waals surface area contributed by atoms with Crippen LogP contribution < -0.4 is 10.9 Å². The predicted molar refractivity (Wildman–Crippen MR) is 107 cm³/mol. The summed E-state index contributed by atoms with van der Waals surface area (Å²) in [4.78, 5) is 42.8. The van der Waals surface area contributed by atoms with E-state index in [9.17, 15) is 14.4 Å². The minimum Gasteiger partial charge on any atom is -0.376 e. The number of likely N-dealkylation sites (N-methyl/N-ethyl adjacent to an activating group) is 2. The van der Waals surface area contributed by atoms with E-state index in [2.05, 4.69) is 10.3 Å². The van der Waals surface area contributed by atoms with Crippen LogP contribution in [0, 0.1) is 0 Å². The number of amides is 2. The maximum atomic E-state index is 13.0. The molecule has 2 heterocycles. The third-order valence-corrected chi connectivity index (χ3v) is 5.61. The number of rotatable bonds is 7. The van der Waals surface area contributed by atoms with Crippen LogP contribution in [-0.4, -0.2) is 65.4 Å². The molecule has 0 saturated carbocycles. The Balaban J connectivity index is 1.83. The second-order valence-corrected chi connectivity index (χ2v) is 7.62. The average Bonchev–Trinajstić information content (AvgIpc) is 3.21. The van der Waals surface area contributed by atoms with E-state index in [0.29, 0.717) is 29.2 Å². The third kappa shape index (κ3) is 4.71. The van der Waals surface area contributed by atoms with Gasteiger partial charge in [0.25, 0.3) is 5.56 Å². The van der Waals surface area contributed by atoms with Gasteiger partial charge in [-0.15, -0.1) is 0 Å². The fraction of sp³-hybridized carbons (Fsp3) is 0.474. The van der Waals surface area contributed by atoms with Crippen LogP contribution in [0.25, 0.3) is 10.9 Å². The van der Waals surface area contributed by atoms with Gasteiger partial charge in [-0.3, -0.25) is 19.0 Å². The molecule has 9 heteroatoms. The Kier molecular flexibility index (Phi) is 6.69. The molecule has 28 heavy (non-hydrogen) atoms. The summed E-state index contributed by atoms with van der Waals surface area (Å²) in [6, 6.07) is 7.19. The van der Waals surface area contributed by atoms with Gasteiger partial charge in [0.05, 0.1) is 35.8 Å². The molecule has 1 aliphatic rings. The van der Waals surface area contributed by atoms with Crippen molar-refractivity contribution in [3.63, 3.8) is 0 Å². The molecule has 0 radical (unpaired) electrons. The standard InChI is InChI=1S/C19H24N4O4S/c1-20-16(24)11-22(2)17(25)12-28-19-21-15-8-4-3-7-14(15)18(26)23(19)10-13-6-5-9-27-13/h3-4,7-8,13H,5-6,9-12H2,1-2H3,(H,20,24)/t13-/m1/s1. The first-order valence-electron chi connectivity index (χ1n) is 9.18. The molecule has 0 aliphatic carbocycles. The fourth-order valence-corrected chi connectivity index (χ4v) is 3.98. The molecule has 150 valence electrons. The van der Waals surface area contributed by atoms with Gasteiger partial charge in [-0.1, -0.05) is 23.9 Å². The van der Waals surface area contributed by atoms with Crippen molar-refractivity contribution < 1.29 is 14.3 Å². The number of para-hydroxylation sites is 1. The van der Waals surface area contributed by atoms with Crippen LogP contribution in [-0.2, 0) is 20.9 Å². The lowest BCUT2D eigenvalue weighted by Gasteiger charge is -2.18. The van der Waals surface area contributed by atoms with E-state index in [4.69, 9.17) is 4.74 Å². The van der Waals surface area contributed by atoms with E-state index in [1.165, 1.54) is 23.7 Å². The van der Waals surface area contributed by atoms with Crippen molar-refractivity contribution in [2.24, 2.45) is 0 Å². The van der Waals surface area contributed by atoms with Crippen molar-refractivity contribution in [3.8, 4) is 0 Å². The quantitative estimate of drug-likeness (QED) is 0.544. The smallest absolute Gasteiger partial charge is 0.262 e. The van der Waals surface area contributed by atoms with Gasteiger partial charge in [-0.05, 0) is 25.0 Å². The van der Waals surface area contributed by atoms with Crippen LogP contribution in [0.15, 0.2) is 34.2 Å². The SMILES string of the molecule is CNC(=O)CN(C)C(=O)CSc1nc2ccccc2c(=O)n1C[C@H]1CCCO1. The van der Waals surface area contributed by atoms with Crippen molar-refractivity contribution >= 4 is 34.5 Å². The van der Waals surface area contributed by atoms with Gasteiger partial charge in [0.2, 0.25) is 11.8 Å². The van der Waals surface area contributed by atoms with E-state index >= 15 is 0 Å². The van der Waals surface area contributed by atoms with Crippen molar-refractivity contribution in [1.82, 2.24) is 19.8 Å². The number of ether oxygens (including phenoxy) is 1. The number of aromatic nitrogens is 2. The van der Waals surface area contributed by atoms with Gasteiger partial charge in [0, 0.05) is 20.7 Å². The lowest BCUT2D eigenvalue weighted by Crippen LogP contribution is -2.38. The normalized spacial score (nSPS) is 16.3. The van der Waals surface area contributed by atoms with E-state index in [-0.39, 0.29) is 35.8 Å².